The van der Waals surface area contributed by atoms with E-state index >= 15 is 0 Å². The summed E-state index contributed by atoms with van der Waals surface area (Å²) < 4.78 is 0. The number of nitrogens with zero attached hydrogens (tertiary/aromatic N) is 1. The van der Waals surface area contributed by atoms with Crippen molar-refractivity contribution in [3.63, 3.8) is 0 Å². The summed E-state index contributed by atoms with van der Waals surface area (Å²) in [6.07, 6.45) is 11.8. The standard InChI is InChI=1S/C19H24Cl2N2O/c20-17-10-9-16(18(21)15-17)7-2-3-8-19(24)22-11-6-14-23-12-4-1-5-13-23/h2-3,7-10,15H,1,4-6,11-14H2,(H,22,24)/b7-2+,8-3+. The number of piperidine rings is 1. The van der Waals surface area contributed by atoms with Crippen molar-refractivity contribution in [3.8, 4) is 0 Å². The molecule has 24 heavy (non-hydrogen) atoms. The van der Waals surface area contributed by atoms with E-state index in [1.165, 1.54) is 38.4 Å². The first-order chi connectivity index (χ1) is 11.6. The molecule has 0 radical (unpaired) electrons. The van der Waals surface area contributed by atoms with Gasteiger partial charge < -0.3 is 10.2 Å². The Hall–Kier alpha value is -1.29. The first-order valence-corrected chi connectivity index (χ1v) is 9.21. The molecule has 0 bridgehead atoms. The Morgan fingerprint density at radius 1 is 1.17 bits per heavy atom. The highest BCUT2D eigenvalue weighted by Crippen LogP contribution is 2.21. The van der Waals surface area contributed by atoms with Crippen LogP contribution in [-0.2, 0) is 4.79 Å². The summed E-state index contributed by atoms with van der Waals surface area (Å²) in [5.41, 5.74) is 0.868. The molecular formula is C19H24Cl2N2O. The van der Waals surface area contributed by atoms with Crippen LogP contribution in [0.1, 0.15) is 31.2 Å². The van der Waals surface area contributed by atoms with Gasteiger partial charge in [0.15, 0.2) is 0 Å². The molecule has 0 unspecified atom stereocenters. The zero-order chi connectivity index (χ0) is 17.2. The highest BCUT2D eigenvalue weighted by Gasteiger charge is 2.08. The maximum absolute atomic E-state index is 11.7. The fourth-order valence-corrected chi connectivity index (χ4v) is 3.17. The molecule has 1 amide bonds. The molecule has 2 rings (SSSR count). The molecule has 1 aliphatic heterocycles. The number of allylic oxidation sites excluding steroid dienone is 2. The van der Waals surface area contributed by atoms with Crippen LogP contribution in [0.5, 0.6) is 0 Å². The molecule has 1 aliphatic rings. The minimum Gasteiger partial charge on any atom is -0.353 e. The Bertz CT molecular complexity index is 593. The maximum Gasteiger partial charge on any atom is 0.243 e. The highest BCUT2D eigenvalue weighted by molar-refractivity contribution is 6.35. The van der Waals surface area contributed by atoms with E-state index in [1.807, 2.05) is 12.1 Å². The average molecular weight is 367 g/mol. The molecule has 1 aromatic carbocycles. The SMILES string of the molecule is O=C(/C=C/C=C/c1ccc(Cl)cc1Cl)NCCCN1CCCCC1. The number of likely N-dealkylation sites (tertiary alicyclic amines) is 1. The van der Waals surface area contributed by atoms with Crippen LogP contribution < -0.4 is 5.32 Å². The highest BCUT2D eigenvalue weighted by atomic mass is 35.5. The number of hydrogen-bond donors (Lipinski definition) is 1. The Morgan fingerprint density at radius 2 is 1.96 bits per heavy atom. The molecule has 1 aromatic rings. The lowest BCUT2D eigenvalue weighted by Gasteiger charge is -2.26. The minimum absolute atomic E-state index is 0.0690. The fourth-order valence-electron chi connectivity index (χ4n) is 2.70. The van der Waals surface area contributed by atoms with Crippen LogP contribution >= 0.6 is 23.2 Å². The van der Waals surface area contributed by atoms with E-state index in [9.17, 15) is 4.79 Å². The van der Waals surface area contributed by atoms with E-state index in [-0.39, 0.29) is 5.91 Å². The topological polar surface area (TPSA) is 32.3 Å². The summed E-state index contributed by atoms with van der Waals surface area (Å²) in [6.45, 7) is 4.18. The normalized spacial score (nSPS) is 16.1. The van der Waals surface area contributed by atoms with Crippen molar-refractivity contribution in [2.45, 2.75) is 25.7 Å². The summed E-state index contributed by atoms with van der Waals surface area (Å²) in [6, 6.07) is 5.32. The van der Waals surface area contributed by atoms with Crippen molar-refractivity contribution in [3.05, 3.63) is 52.0 Å². The van der Waals surface area contributed by atoms with Crippen LogP contribution in [0.25, 0.3) is 6.08 Å². The van der Waals surface area contributed by atoms with Gasteiger partial charge in [-0.1, -0.05) is 53.9 Å². The van der Waals surface area contributed by atoms with Crippen LogP contribution in [-0.4, -0.2) is 37.0 Å². The second-order valence-corrected chi connectivity index (χ2v) is 6.77. The van der Waals surface area contributed by atoms with Gasteiger partial charge in [0.1, 0.15) is 0 Å². The lowest BCUT2D eigenvalue weighted by Crippen LogP contribution is -2.33. The van der Waals surface area contributed by atoms with Gasteiger partial charge in [-0.25, -0.2) is 0 Å². The first-order valence-electron chi connectivity index (χ1n) is 8.45. The van der Waals surface area contributed by atoms with Crippen molar-refractivity contribution in [1.82, 2.24) is 10.2 Å². The largest absolute Gasteiger partial charge is 0.353 e. The predicted molar refractivity (Wildman–Crippen MR) is 103 cm³/mol. The lowest BCUT2D eigenvalue weighted by molar-refractivity contribution is -0.116. The Labute approximate surface area is 154 Å². The van der Waals surface area contributed by atoms with Crippen LogP contribution in [0.4, 0.5) is 0 Å². The van der Waals surface area contributed by atoms with E-state index in [0.29, 0.717) is 16.6 Å². The predicted octanol–water partition coefficient (Wildman–Crippen LogP) is 4.56. The third kappa shape index (κ3) is 7.08. The average Bonchev–Trinajstić information content (AvgIpc) is 2.58. The molecule has 0 aromatic heterocycles. The van der Waals surface area contributed by atoms with E-state index < -0.39 is 0 Å². The van der Waals surface area contributed by atoms with Crippen molar-refractivity contribution in [2.24, 2.45) is 0 Å². The second kappa shape index (κ2) is 10.5. The van der Waals surface area contributed by atoms with E-state index in [0.717, 1.165) is 18.5 Å². The third-order valence-corrected chi connectivity index (χ3v) is 4.56. The first kappa shape index (κ1) is 19.0. The zero-order valence-corrected chi connectivity index (χ0v) is 15.3. The van der Waals surface area contributed by atoms with Gasteiger partial charge in [-0.2, -0.15) is 0 Å². The summed E-state index contributed by atoms with van der Waals surface area (Å²) >= 11 is 11.9. The minimum atomic E-state index is -0.0690. The molecule has 1 fully saturated rings. The second-order valence-electron chi connectivity index (χ2n) is 5.93. The summed E-state index contributed by atoms with van der Waals surface area (Å²) in [4.78, 5) is 14.2. The van der Waals surface area contributed by atoms with Gasteiger partial charge in [-0.3, -0.25) is 4.79 Å². The molecule has 130 valence electrons. The third-order valence-electron chi connectivity index (χ3n) is 4.00. The van der Waals surface area contributed by atoms with Crippen molar-refractivity contribution >= 4 is 35.2 Å². The van der Waals surface area contributed by atoms with Crippen LogP contribution in [0.15, 0.2) is 36.4 Å². The summed E-state index contributed by atoms with van der Waals surface area (Å²) in [5, 5.41) is 4.11. The van der Waals surface area contributed by atoms with Crippen LogP contribution in [0.2, 0.25) is 10.0 Å². The Kier molecular flexibility index (Phi) is 8.37. The van der Waals surface area contributed by atoms with Crippen LogP contribution in [0.3, 0.4) is 0 Å². The van der Waals surface area contributed by atoms with Gasteiger partial charge in [0.05, 0.1) is 0 Å². The molecule has 0 atom stereocenters. The summed E-state index contributed by atoms with van der Waals surface area (Å²) in [7, 11) is 0. The van der Waals surface area contributed by atoms with Gasteiger partial charge in [-0.15, -0.1) is 0 Å². The monoisotopic (exact) mass is 366 g/mol. The number of benzene rings is 1. The maximum atomic E-state index is 11.7. The number of carbonyl (C=O) groups is 1. The number of nitrogens with one attached hydrogen (secondary N) is 1. The van der Waals surface area contributed by atoms with Gasteiger partial charge >= 0.3 is 0 Å². The van der Waals surface area contributed by atoms with Crippen molar-refractivity contribution in [1.29, 1.82) is 0 Å². The van der Waals surface area contributed by atoms with Crippen molar-refractivity contribution < 1.29 is 4.79 Å². The Balaban J connectivity index is 1.64. The number of rotatable bonds is 7. The van der Waals surface area contributed by atoms with E-state index in [2.05, 4.69) is 10.2 Å². The molecule has 1 saturated heterocycles. The number of halogens is 2. The fraction of sp³-hybridized carbons (Fsp3) is 0.421. The quantitative estimate of drug-likeness (QED) is 0.436. The molecule has 0 saturated carbocycles. The van der Waals surface area contributed by atoms with Gasteiger partial charge in [0.25, 0.3) is 0 Å². The molecule has 5 heteroatoms. The number of amides is 1. The van der Waals surface area contributed by atoms with Crippen LogP contribution in [0, 0.1) is 0 Å². The molecule has 0 aliphatic carbocycles. The van der Waals surface area contributed by atoms with Crippen molar-refractivity contribution in [2.75, 3.05) is 26.2 Å². The van der Waals surface area contributed by atoms with Gasteiger partial charge in [0, 0.05) is 22.7 Å². The summed E-state index contributed by atoms with van der Waals surface area (Å²) in [5.74, 6) is -0.0690. The molecule has 1 heterocycles. The molecule has 0 spiro atoms. The van der Waals surface area contributed by atoms with E-state index in [1.54, 1.807) is 24.3 Å². The molecule has 3 nitrogen and oxygen atoms in total. The smallest absolute Gasteiger partial charge is 0.243 e. The molecule has 1 N–H and O–H groups in total. The number of hydrogen-bond acceptors (Lipinski definition) is 2. The number of carbonyl (C=O) groups excluding carboxylic acids is 1. The van der Waals surface area contributed by atoms with E-state index in [4.69, 9.17) is 23.2 Å². The zero-order valence-electron chi connectivity index (χ0n) is 13.8. The molecular weight excluding hydrogens is 343 g/mol. The lowest BCUT2D eigenvalue weighted by atomic mass is 10.1. The Morgan fingerprint density at radius 3 is 2.71 bits per heavy atom. The van der Waals surface area contributed by atoms with Gasteiger partial charge in [-0.05, 0) is 56.6 Å². The van der Waals surface area contributed by atoms with Gasteiger partial charge in [0.2, 0.25) is 5.91 Å².